The molecule has 54 heavy (non-hydrogen) atoms. The molecule has 10 heteroatoms. The first-order valence-corrected chi connectivity index (χ1v) is 22.4. The van der Waals surface area contributed by atoms with Gasteiger partial charge in [-0.25, -0.2) is 4.57 Å². The quantitative estimate of drug-likeness (QED) is 0.0244. The van der Waals surface area contributed by atoms with Crippen molar-refractivity contribution in [1.29, 1.82) is 0 Å². The molecule has 0 aliphatic carbocycles. The molecule has 0 aromatic heterocycles. The van der Waals surface area contributed by atoms with E-state index in [4.69, 9.17) is 13.8 Å². The molecule has 0 saturated carbocycles. The number of ether oxygens (including phenoxy) is 1. The second-order valence-corrected chi connectivity index (χ2v) is 15.1. The van der Waals surface area contributed by atoms with Crippen molar-refractivity contribution in [3.63, 3.8) is 0 Å². The summed E-state index contributed by atoms with van der Waals surface area (Å²) in [7, 11) is -4.43. The maximum atomic E-state index is 12.1. The van der Waals surface area contributed by atoms with Crippen LogP contribution in [0.25, 0.3) is 0 Å². The molecule has 0 radical (unpaired) electrons. The third kappa shape index (κ3) is 40.6. The van der Waals surface area contributed by atoms with Gasteiger partial charge in [0.25, 0.3) is 0 Å². The number of allylic oxidation sites excluding steroid dienone is 12. The van der Waals surface area contributed by atoms with Crippen molar-refractivity contribution in [3.8, 4) is 0 Å². The molecule has 0 heterocycles. The Morgan fingerprint density at radius 3 is 1.57 bits per heavy atom. The second kappa shape index (κ2) is 40.1. The van der Waals surface area contributed by atoms with Gasteiger partial charge in [-0.15, -0.1) is 0 Å². The van der Waals surface area contributed by atoms with Crippen LogP contribution in [0.3, 0.4) is 0 Å². The van der Waals surface area contributed by atoms with Gasteiger partial charge in [0, 0.05) is 19.4 Å². The molecule has 1 amide bonds. The summed E-state index contributed by atoms with van der Waals surface area (Å²) < 4.78 is 26.8. The molecule has 2 atom stereocenters. The molecular weight excluding hydrogens is 701 g/mol. The van der Waals surface area contributed by atoms with Crippen molar-refractivity contribution in [2.75, 3.05) is 26.4 Å². The Balaban J connectivity index is 3.73. The van der Waals surface area contributed by atoms with Gasteiger partial charge in [0.2, 0.25) is 5.91 Å². The number of carbonyl (C=O) groups is 2. The Bertz CT molecular complexity index is 1110. The van der Waals surface area contributed by atoms with E-state index in [0.717, 1.165) is 70.6 Å². The standard InChI is InChI=1S/C44H76NO8P/c1-3-5-7-9-11-13-15-17-19-21-23-25-27-29-31-33-35-37-44(48)51-40-42(46)41-53-54(49,50)52-39-38-45-43(47)36-34-32-30-28-26-24-22-20-18-16-14-12-10-8-6-4-2/h11,13-14,16-17,19-20,22-23,25,29,31,42,46H,3-10,12,15,18,21,24,26-28,30,32-41H2,1-2H3,(H,45,47)(H,49,50)/b13-11-,16-14-,19-17-,22-20-,25-23-,31-29-. The predicted molar refractivity (Wildman–Crippen MR) is 224 cm³/mol. The molecular formula is C44H76NO8P. The molecule has 9 nitrogen and oxygen atoms in total. The van der Waals surface area contributed by atoms with Gasteiger partial charge in [0.05, 0.1) is 13.2 Å². The Morgan fingerprint density at radius 2 is 1.02 bits per heavy atom. The number of carbonyl (C=O) groups excluding carboxylic acids is 2. The lowest BCUT2D eigenvalue weighted by atomic mass is 10.1. The van der Waals surface area contributed by atoms with Crippen molar-refractivity contribution >= 4 is 19.7 Å². The molecule has 0 saturated heterocycles. The first-order valence-electron chi connectivity index (χ1n) is 20.9. The van der Waals surface area contributed by atoms with Crippen LogP contribution in [0.5, 0.6) is 0 Å². The molecule has 0 bridgehead atoms. The number of unbranched alkanes of at least 4 members (excludes halogenated alkanes) is 13. The van der Waals surface area contributed by atoms with Crippen LogP contribution in [0.15, 0.2) is 72.9 Å². The molecule has 0 aromatic carbocycles. The Labute approximate surface area is 329 Å². The molecule has 0 fully saturated rings. The lowest BCUT2D eigenvalue weighted by molar-refractivity contribution is -0.147. The van der Waals surface area contributed by atoms with Crippen LogP contribution in [0.4, 0.5) is 0 Å². The summed E-state index contributed by atoms with van der Waals surface area (Å²) in [5.41, 5.74) is 0. The van der Waals surface area contributed by atoms with Crippen molar-refractivity contribution in [3.05, 3.63) is 72.9 Å². The lowest BCUT2D eigenvalue weighted by Crippen LogP contribution is -2.27. The number of esters is 1. The van der Waals surface area contributed by atoms with Gasteiger partial charge < -0.3 is 20.1 Å². The first kappa shape index (κ1) is 51.5. The van der Waals surface area contributed by atoms with Crippen LogP contribution in [0.2, 0.25) is 0 Å². The number of nitrogens with one attached hydrogen (secondary N) is 1. The third-order valence-corrected chi connectivity index (χ3v) is 9.34. The molecule has 310 valence electrons. The number of hydrogen-bond donors (Lipinski definition) is 3. The first-order chi connectivity index (χ1) is 26.3. The highest BCUT2D eigenvalue weighted by atomic mass is 31.2. The van der Waals surface area contributed by atoms with E-state index in [9.17, 15) is 24.2 Å². The van der Waals surface area contributed by atoms with E-state index in [0.29, 0.717) is 12.8 Å². The fraction of sp³-hybridized carbons (Fsp3) is 0.682. The zero-order chi connectivity index (χ0) is 39.6. The van der Waals surface area contributed by atoms with Gasteiger partial charge in [-0.3, -0.25) is 18.6 Å². The molecule has 0 aromatic rings. The molecule has 0 aliphatic heterocycles. The minimum absolute atomic E-state index is 0.0638. The Morgan fingerprint density at radius 1 is 0.574 bits per heavy atom. The predicted octanol–water partition coefficient (Wildman–Crippen LogP) is 11.5. The van der Waals surface area contributed by atoms with E-state index >= 15 is 0 Å². The summed E-state index contributed by atoms with van der Waals surface area (Å²) in [5, 5.41) is 12.7. The molecule has 0 spiro atoms. The van der Waals surface area contributed by atoms with E-state index in [1.54, 1.807) is 0 Å². The average Bonchev–Trinajstić information content (AvgIpc) is 3.16. The zero-order valence-corrected chi connectivity index (χ0v) is 34.8. The van der Waals surface area contributed by atoms with Crippen LogP contribution < -0.4 is 5.32 Å². The zero-order valence-electron chi connectivity index (χ0n) is 33.9. The summed E-state index contributed by atoms with van der Waals surface area (Å²) in [4.78, 5) is 33.8. The fourth-order valence-electron chi connectivity index (χ4n) is 5.17. The molecule has 0 rings (SSSR count). The summed E-state index contributed by atoms with van der Waals surface area (Å²) in [6, 6.07) is 0. The SMILES string of the molecule is CCCCC/C=C\C/C=C\C/C=C\C/C=C\CCCC(=O)OCC(O)COP(=O)(O)OCCNC(=O)CCCCCCC/C=C\C/C=C\CCCCCC. The van der Waals surface area contributed by atoms with Gasteiger partial charge in [0.15, 0.2) is 0 Å². The maximum absolute atomic E-state index is 12.1. The average molecular weight is 778 g/mol. The van der Waals surface area contributed by atoms with Crippen LogP contribution in [-0.2, 0) is 27.9 Å². The minimum atomic E-state index is -4.43. The number of phosphoric acid groups is 1. The van der Waals surface area contributed by atoms with Gasteiger partial charge in [0.1, 0.15) is 12.7 Å². The van der Waals surface area contributed by atoms with Gasteiger partial charge >= 0.3 is 13.8 Å². The summed E-state index contributed by atoms with van der Waals surface area (Å²) in [5.74, 6) is -0.593. The van der Waals surface area contributed by atoms with Crippen LogP contribution >= 0.6 is 7.82 Å². The number of hydrogen-bond acceptors (Lipinski definition) is 7. The smallest absolute Gasteiger partial charge is 0.463 e. The van der Waals surface area contributed by atoms with E-state index < -0.39 is 26.5 Å². The normalized spacial score (nSPS) is 14.1. The van der Waals surface area contributed by atoms with Crippen molar-refractivity contribution in [1.82, 2.24) is 5.32 Å². The van der Waals surface area contributed by atoms with Crippen LogP contribution in [-0.4, -0.2) is 54.3 Å². The van der Waals surface area contributed by atoms with Crippen molar-refractivity contribution < 1.29 is 37.9 Å². The van der Waals surface area contributed by atoms with Gasteiger partial charge in [-0.2, -0.15) is 0 Å². The van der Waals surface area contributed by atoms with Crippen molar-refractivity contribution in [2.24, 2.45) is 0 Å². The molecule has 2 unspecified atom stereocenters. The van der Waals surface area contributed by atoms with E-state index in [-0.39, 0.29) is 32.1 Å². The highest BCUT2D eigenvalue weighted by molar-refractivity contribution is 7.47. The Kier molecular flexibility index (Phi) is 38.2. The number of aliphatic hydroxyl groups is 1. The van der Waals surface area contributed by atoms with Crippen LogP contribution in [0.1, 0.15) is 162 Å². The van der Waals surface area contributed by atoms with Crippen LogP contribution in [0, 0.1) is 0 Å². The number of rotatable bonds is 38. The third-order valence-electron chi connectivity index (χ3n) is 8.36. The number of aliphatic hydroxyl groups excluding tert-OH is 1. The molecule has 3 N–H and O–H groups in total. The number of phosphoric ester groups is 1. The summed E-state index contributed by atoms with van der Waals surface area (Å²) in [6.07, 6.45) is 48.3. The maximum Gasteiger partial charge on any atom is 0.472 e. The summed E-state index contributed by atoms with van der Waals surface area (Å²) >= 11 is 0. The highest BCUT2D eigenvalue weighted by Crippen LogP contribution is 2.42. The van der Waals surface area contributed by atoms with E-state index in [1.807, 2.05) is 6.08 Å². The highest BCUT2D eigenvalue weighted by Gasteiger charge is 2.23. The second-order valence-electron chi connectivity index (χ2n) is 13.6. The van der Waals surface area contributed by atoms with E-state index in [2.05, 4.69) is 86.0 Å². The van der Waals surface area contributed by atoms with Gasteiger partial charge in [-0.1, -0.05) is 138 Å². The van der Waals surface area contributed by atoms with E-state index in [1.165, 1.54) is 57.8 Å². The number of amides is 1. The molecule has 0 aliphatic rings. The summed E-state index contributed by atoms with van der Waals surface area (Å²) in [6.45, 7) is 3.41. The largest absolute Gasteiger partial charge is 0.472 e. The Hall–Kier alpha value is -2.55. The van der Waals surface area contributed by atoms with Crippen molar-refractivity contribution in [2.45, 2.75) is 168 Å². The minimum Gasteiger partial charge on any atom is -0.463 e. The fourth-order valence-corrected chi connectivity index (χ4v) is 5.92. The topological polar surface area (TPSA) is 131 Å². The van der Waals surface area contributed by atoms with Gasteiger partial charge in [-0.05, 0) is 83.5 Å². The monoisotopic (exact) mass is 778 g/mol. The lowest BCUT2D eigenvalue weighted by Gasteiger charge is -2.15.